The summed E-state index contributed by atoms with van der Waals surface area (Å²) in [5, 5.41) is 0. The highest BCUT2D eigenvalue weighted by molar-refractivity contribution is 5.17. The first-order valence-electron chi connectivity index (χ1n) is 6.45. The van der Waals surface area contributed by atoms with Gasteiger partial charge < -0.3 is 5.73 Å². The van der Waals surface area contributed by atoms with Crippen molar-refractivity contribution in [2.24, 2.45) is 11.7 Å². The van der Waals surface area contributed by atoms with Crippen LogP contribution in [0.1, 0.15) is 39.3 Å². The fourth-order valence-electron chi connectivity index (χ4n) is 2.32. The smallest absolute Gasteiger partial charge is 0.0497 e. The number of hydrogen-bond acceptors (Lipinski definition) is 3. The summed E-state index contributed by atoms with van der Waals surface area (Å²) in [7, 11) is 0. The molecule has 3 heteroatoms. The van der Waals surface area contributed by atoms with Gasteiger partial charge in [0.1, 0.15) is 0 Å². The van der Waals surface area contributed by atoms with Crippen molar-refractivity contribution in [1.82, 2.24) is 9.88 Å². The second-order valence-corrected chi connectivity index (χ2v) is 5.07. The van der Waals surface area contributed by atoms with Crippen LogP contribution in [-0.2, 0) is 0 Å². The van der Waals surface area contributed by atoms with Crippen molar-refractivity contribution < 1.29 is 0 Å². The summed E-state index contributed by atoms with van der Waals surface area (Å²) in [4.78, 5) is 6.52. The minimum absolute atomic E-state index is 0.121. The van der Waals surface area contributed by atoms with E-state index in [1.165, 1.54) is 5.56 Å². The number of nitrogens with two attached hydrogens (primary N) is 1. The highest BCUT2D eigenvalue weighted by atomic mass is 15.2. The molecular formula is C14H25N3. The summed E-state index contributed by atoms with van der Waals surface area (Å²) in [6.45, 7) is 10.9. The van der Waals surface area contributed by atoms with Gasteiger partial charge in [-0.15, -0.1) is 0 Å². The highest BCUT2D eigenvalue weighted by Crippen LogP contribution is 2.23. The lowest BCUT2D eigenvalue weighted by Gasteiger charge is -2.34. The zero-order chi connectivity index (χ0) is 12.8. The molecule has 0 aromatic carbocycles. The van der Waals surface area contributed by atoms with E-state index < -0.39 is 0 Å². The van der Waals surface area contributed by atoms with E-state index >= 15 is 0 Å². The minimum atomic E-state index is 0.121. The Kier molecular flexibility index (Phi) is 5.59. The highest BCUT2D eigenvalue weighted by Gasteiger charge is 2.23. The summed E-state index contributed by atoms with van der Waals surface area (Å²) in [5.41, 5.74) is 7.42. The van der Waals surface area contributed by atoms with Crippen LogP contribution in [0.15, 0.2) is 24.5 Å². The van der Waals surface area contributed by atoms with Crippen LogP contribution in [0.4, 0.5) is 0 Å². The molecule has 96 valence electrons. The topological polar surface area (TPSA) is 42.2 Å². The lowest BCUT2D eigenvalue weighted by atomic mass is 9.99. The summed E-state index contributed by atoms with van der Waals surface area (Å²) >= 11 is 0. The average Bonchev–Trinajstić information content (AvgIpc) is 2.28. The molecule has 1 rings (SSSR count). The maximum Gasteiger partial charge on any atom is 0.0497 e. The van der Waals surface area contributed by atoms with Gasteiger partial charge in [-0.2, -0.15) is 0 Å². The molecule has 1 aromatic heterocycles. The lowest BCUT2D eigenvalue weighted by molar-refractivity contribution is 0.166. The van der Waals surface area contributed by atoms with Crippen LogP contribution in [0.3, 0.4) is 0 Å². The maximum absolute atomic E-state index is 6.16. The van der Waals surface area contributed by atoms with Crippen molar-refractivity contribution in [2.75, 3.05) is 13.1 Å². The molecule has 2 N–H and O–H groups in total. The van der Waals surface area contributed by atoms with E-state index in [0.717, 1.165) is 13.1 Å². The van der Waals surface area contributed by atoms with Crippen LogP contribution in [0.5, 0.6) is 0 Å². The van der Waals surface area contributed by atoms with Gasteiger partial charge in [0.2, 0.25) is 0 Å². The van der Waals surface area contributed by atoms with Crippen LogP contribution in [0.2, 0.25) is 0 Å². The molecular weight excluding hydrogens is 210 g/mol. The zero-order valence-electron chi connectivity index (χ0n) is 11.4. The van der Waals surface area contributed by atoms with Crippen LogP contribution in [-0.4, -0.2) is 29.0 Å². The molecule has 1 aromatic rings. The quantitative estimate of drug-likeness (QED) is 0.823. The molecule has 2 unspecified atom stereocenters. The van der Waals surface area contributed by atoms with Gasteiger partial charge in [0.15, 0.2) is 0 Å². The van der Waals surface area contributed by atoms with Gasteiger partial charge in [-0.3, -0.25) is 9.88 Å². The summed E-state index contributed by atoms with van der Waals surface area (Å²) in [5.74, 6) is 0.651. The van der Waals surface area contributed by atoms with E-state index in [2.05, 4.69) is 49.7 Å². The molecule has 0 radical (unpaired) electrons. The van der Waals surface area contributed by atoms with E-state index in [9.17, 15) is 0 Å². The zero-order valence-corrected chi connectivity index (χ0v) is 11.4. The Hall–Kier alpha value is -0.930. The van der Waals surface area contributed by atoms with E-state index in [-0.39, 0.29) is 12.1 Å². The molecule has 0 spiro atoms. The lowest BCUT2D eigenvalue weighted by Crippen LogP contribution is -2.41. The molecule has 0 amide bonds. The summed E-state index contributed by atoms with van der Waals surface area (Å²) < 4.78 is 0. The third-order valence-corrected chi connectivity index (χ3v) is 2.94. The predicted octanol–water partition coefficient (Wildman–Crippen LogP) is 2.45. The number of pyridine rings is 1. The predicted molar refractivity (Wildman–Crippen MR) is 72.7 cm³/mol. The van der Waals surface area contributed by atoms with Crippen molar-refractivity contribution in [3.63, 3.8) is 0 Å². The van der Waals surface area contributed by atoms with E-state index in [4.69, 9.17) is 5.73 Å². The Morgan fingerprint density at radius 3 is 2.24 bits per heavy atom. The molecule has 0 saturated carbocycles. The first-order chi connectivity index (χ1) is 8.06. The molecule has 1 heterocycles. The molecule has 0 saturated heterocycles. The van der Waals surface area contributed by atoms with Crippen molar-refractivity contribution in [1.29, 1.82) is 0 Å². The second kappa shape index (κ2) is 6.72. The number of aromatic nitrogens is 1. The second-order valence-electron chi connectivity index (χ2n) is 5.07. The van der Waals surface area contributed by atoms with E-state index in [1.807, 2.05) is 12.4 Å². The first-order valence-corrected chi connectivity index (χ1v) is 6.45. The molecule has 0 bridgehead atoms. The molecule has 2 atom stereocenters. The molecule has 17 heavy (non-hydrogen) atoms. The normalized spacial score (nSPS) is 15.2. The monoisotopic (exact) mass is 235 g/mol. The standard InChI is InChI=1S/C14H25N3/c1-5-17(10-11(2)3)14(12(4)15)13-6-8-16-9-7-13/h6-9,11-12,14H,5,10,15H2,1-4H3. The minimum Gasteiger partial charge on any atom is -0.326 e. The summed E-state index contributed by atoms with van der Waals surface area (Å²) in [6, 6.07) is 4.54. The number of nitrogens with zero attached hydrogens (tertiary/aromatic N) is 2. The molecule has 0 aliphatic rings. The van der Waals surface area contributed by atoms with Gasteiger partial charge in [-0.05, 0) is 37.1 Å². The third kappa shape index (κ3) is 4.10. The van der Waals surface area contributed by atoms with Crippen molar-refractivity contribution in [3.8, 4) is 0 Å². The Morgan fingerprint density at radius 2 is 1.82 bits per heavy atom. The van der Waals surface area contributed by atoms with Crippen LogP contribution in [0.25, 0.3) is 0 Å². The largest absolute Gasteiger partial charge is 0.326 e. The van der Waals surface area contributed by atoms with Gasteiger partial charge in [0.25, 0.3) is 0 Å². The van der Waals surface area contributed by atoms with Gasteiger partial charge in [-0.25, -0.2) is 0 Å². The molecule has 0 aliphatic heterocycles. The van der Waals surface area contributed by atoms with Gasteiger partial charge in [-0.1, -0.05) is 20.8 Å². The Bertz CT molecular complexity index is 309. The molecule has 0 fully saturated rings. The Labute approximate surface area is 105 Å². The Morgan fingerprint density at radius 1 is 1.24 bits per heavy atom. The fourth-order valence-corrected chi connectivity index (χ4v) is 2.32. The fraction of sp³-hybridized carbons (Fsp3) is 0.643. The number of rotatable bonds is 6. The first kappa shape index (κ1) is 14.1. The molecule has 3 nitrogen and oxygen atoms in total. The maximum atomic E-state index is 6.16. The average molecular weight is 235 g/mol. The van der Waals surface area contributed by atoms with Gasteiger partial charge in [0.05, 0.1) is 0 Å². The van der Waals surface area contributed by atoms with Crippen LogP contribution in [0, 0.1) is 5.92 Å². The summed E-state index contributed by atoms with van der Waals surface area (Å²) in [6.07, 6.45) is 3.68. The number of likely N-dealkylation sites (N-methyl/N-ethyl adjacent to an activating group) is 1. The Balaban J connectivity index is 2.91. The third-order valence-electron chi connectivity index (χ3n) is 2.94. The molecule has 0 aliphatic carbocycles. The van der Waals surface area contributed by atoms with Crippen molar-refractivity contribution in [2.45, 2.75) is 39.8 Å². The van der Waals surface area contributed by atoms with Crippen LogP contribution < -0.4 is 5.73 Å². The SMILES string of the molecule is CCN(CC(C)C)C(c1ccncc1)C(C)N. The van der Waals surface area contributed by atoms with E-state index in [0.29, 0.717) is 5.92 Å². The number of hydrogen-bond donors (Lipinski definition) is 1. The van der Waals surface area contributed by atoms with Gasteiger partial charge >= 0.3 is 0 Å². The van der Waals surface area contributed by atoms with Crippen LogP contribution >= 0.6 is 0 Å². The van der Waals surface area contributed by atoms with Crippen molar-refractivity contribution >= 4 is 0 Å². The van der Waals surface area contributed by atoms with E-state index in [1.54, 1.807) is 0 Å². The van der Waals surface area contributed by atoms with Crippen molar-refractivity contribution in [3.05, 3.63) is 30.1 Å². The van der Waals surface area contributed by atoms with Gasteiger partial charge in [0, 0.05) is 31.0 Å².